The van der Waals surface area contributed by atoms with Crippen LogP contribution < -0.4 is 5.73 Å². The van der Waals surface area contributed by atoms with Gasteiger partial charge in [0.1, 0.15) is 11.8 Å². The first kappa shape index (κ1) is 8.88. The monoisotopic (exact) mass is 133 g/mol. The predicted molar refractivity (Wildman–Crippen MR) is 35.7 cm³/mol. The fourth-order valence-electron chi connectivity index (χ4n) is 0.654. The van der Waals surface area contributed by atoms with Crippen LogP contribution >= 0.6 is 0 Å². The lowest BCUT2D eigenvalue weighted by molar-refractivity contribution is -0.0638. The second kappa shape index (κ2) is 3.15. The molecule has 0 radical (unpaired) electrons. The molecule has 0 bridgehead atoms. The van der Waals surface area contributed by atoms with E-state index >= 15 is 0 Å². The molecular formula is C6H15NO2. The Balaban J connectivity index is 3.70. The van der Waals surface area contributed by atoms with Crippen LogP contribution in [0, 0.1) is 0 Å². The van der Waals surface area contributed by atoms with Crippen molar-refractivity contribution in [2.75, 3.05) is 0 Å². The van der Waals surface area contributed by atoms with Crippen LogP contribution in [-0.2, 0) is 0 Å². The van der Waals surface area contributed by atoms with Crippen LogP contribution in [0.1, 0.15) is 26.7 Å². The number of aliphatic hydroxyl groups excluding tert-OH is 1. The molecular weight excluding hydrogens is 118 g/mol. The molecule has 0 heterocycles. The lowest BCUT2D eigenvalue weighted by Crippen LogP contribution is -2.45. The molecule has 0 aliphatic rings. The van der Waals surface area contributed by atoms with Gasteiger partial charge in [0.05, 0.1) is 0 Å². The Hall–Kier alpha value is -0.120. The van der Waals surface area contributed by atoms with E-state index in [4.69, 9.17) is 10.8 Å². The highest BCUT2D eigenvalue weighted by atomic mass is 16.3. The van der Waals surface area contributed by atoms with Crippen LogP contribution in [0.25, 0.3) is 0 Å². The second-order valence-electron chi connectivity index (χ2n) is 2.55. The molecule has 0 saturated carbocycles. The Bertz CT molecular complexity index is 81.1. The van der Waals surface area contributed by atoms with Gasteiger partial charge in [0.2, 0.25) is 0 Å². The Morgan fingerprint density at radius 1 is 1.67 bits per heavy atom. The van der Waals surface area contributed by atoms with Crippen molar-refractivity contribution in [3.63, 3.8) is 0 Å². The molecule has 3 nitrogen and oxygen atoms in total. The highest BCUT2D eigenvalue weighted by molar-refractivity contribution is 4.76. The molecule has 0 aliphatic heterocycles. The van der Waals surface area contributed by atoms with Gasteiger partial charge in [-0.15, -0.1) is 0 Å². The summed E-state index contributed by atoms with van der Waals surface area (Å²) in [7, 11) is 0. The summed E-state index contributed by atoms with van der Waals surface area (Å²) in [6.45, 7) is 3.46. The topological polar surface area (TPSA) is 66.5 Å². The van der Waals surface area contributed by atoms with Crippen molar-refractivity contribution in [2.45, 2.75) is 38.5 Å². The molecule has 2 unspecified atom stereocenters. The summed E-state index contributed by atoms with van der Waals surface area (Å²) in [5.74, 6) is 0. The smallest absolute Gasteiger partial charge is 0.131 e. The van der Waals surface area contributed by atoms with Gasteiger partial charge >= 0.3 is 0 Å². The first-order chi connectivity index (χ1) is 4.00. The summed E-state index contributed by atoms with van der Waals surface area (Å²) in [6.07, 6.45) is 0.226. The van der Waals surface area contributed by atoms with Crippen molar-refractivity contribution >= 4 is 0 Å². The highest BCUT2D eigenvalue weighted by Gasteiger charge is 2.25. The zero-order valence-corrected chi connectivity index (χ0v) is 5.96. The van der Waals surface area contributed by atoms with Gasteiger partial charge < -0.3 is 15.9 Å². The molecule has 9 heavy (non-hydrogen) atoms. The quantitative estimate of drug-likeness (QED) is 0.468. The second-order valence-corrected chi connectivity index (χ2v) is 2.55. The maximum atomic E-state index is 9.22. The van der Waals surface area contributed by atoms with E-state index in [1.807, 2.05) is 6.92 Å². The minimum atomic E-state index is -1.13. The first-order valence-electron chi connectivity index (χ1n) is 3.16. The van der Waals surface area contributed by atoms with Crippen LogP contribution in [0.3, 0.4) is 0 Å². The largest absolute Gasteiger partial charge is 0.386 e. The summed E-state index contributed by atoms with van der Waals surface area (Å²) >= 11 is 0. The third kappa shape index (κ3) is 2.79. The molecule has 4 N–H and O–H groups in total. The van der Waals surface area contributed by atoms with Gasteiger partial charge in [0, 0.05) is 0 Å². The summed E-state index contributed by atoms with van der Waals surface area (Å²) in [6, 6.07) is 0. The van der Waals surface area contributed by atoms with E-state index in [1.165, 1.54) is 6.92 Å². The van der Waals surface area contributed by atoms with E-state index in [-0.39, 0.29) is 0 Å². The zero-order chi connectivity index (χ0) is 7.49. The summed E-state index contributed by atoms with van der Waals surface area (Å²) in [4.78, 5) is 0. The van der Waals surface area contributed by atoms with Crippen LogP contribution in [-0.4, -0.2) is 22.0 Å². The first-order valence-corrected chi connectivity index (χ1v) is 3.16. The summed E-state index contributed by atoms with van der Waals surface area (Å²) in [5, 5.41) is 18.0. The molecule has 2 atom stereocenters. The number of hydrogen-bond donors (Lipinski definition) is 3. The summed E-state index contributed by atoms with van der Waals surface area (Å²) < 4.78 is 0. The van der Waals surface area contributed by atoms with E-state index in [2.05, 4.69) is 0 Å². The van der Waals surface area contributed by atoms with E-state index in [0.29, 0.717) is 6.42 Å². The number of rotatable bonds is 3. The fraction of sp³-hybridized carbons (Fsp3) is 1.00. The molecule has 3 heteroatoms. The maximum absolute atomic E-state index is 9.22. The average molecular weight is 133 g/mol. The molecule has 0 aromatic heterocycles. The van der Waals surface area contributed by atoms with Gasteiger partial charge in [-0.25, -0.2) is 0 Å². The van der Waals surface area contributed by atoms with Crippen molar-refractivity contribution in [1.29, 1.82) is 0 Å². The third-order valence-corrected chi connectivity index (χ3v) is 1.39. The van der Waals surface area contributed by atoms with E-state index < -0.39 is 11.8 Å². The van der Waals surface area contributed by atoms with E-state index in [0.717, 1.165) is 6.42 Å². The average Bonchev–Trinajstić information content (AvgIpc) is 1.65. The predicted octanol–water partition coefficient (Wildman–Crippen LogP) is -0.185. The van der Waals surface area contributed by atoms with Crippen LogP contribution in [0.4, 0.5) is 0 Å². The normalized spacial score (nSPS) is 21.0. The third-order valence-electron chi connectivity index (χ3n) is 1.39. The van der Waals surface area contributed by atoms with Crippen LogP contribution in [0.15, 0.2) is 0 Å². The van der Waals surface area contributed by atoms with Crippen molar-refractivity contribution in [1.82, 2.24) is 0 Å². The van der Waals surface area contributed by atoms with Gasteiger partial charge in [-0.3, -0.25) is 0 Å². The van der Waals surface area contributed by atoms with Gasteiger partial charge in [0.15, 0.2) is 0 Å². The summed E-state index contributed by atoms with van der Waals surface area (Å²) in [5.41, 5.74) is 3.95. The van der Waals surface area contributed by atoms with Crippen molar-refractivity contribution in [3.8, 4) is 0 Å². The SMILES string of the molecule is CCCC(C)(O)C(N)O. The Morgan fingerprint density at radius 2 is 2.11 bits per heavy atom. The number of nitrogens with two attached hydrogens (primary N) is 1. The van der Waals surface area contributed by atoms with Crippen LogP contribution in [0.2, 0.25) is 0 Å². The number of aliphatic hydroxyl groups is 2. The van der Waals surface area contributed by atoms with E-state index in [1.54, 1.807) is 0 Å². The lowest BCUT2D eigenvalue weighted by atomic mass is 9.99. The zero-order valence-electron chi connectivity index (χ0n) is 5.96. The molecule has 0 saturated heterocycles. The molecule has 0 spiro atoms. The molecule has 0 amide bonds. The minimum absolute atomic E-state index is 0.532. The van der Waals surface area contributed by atoms with Crippen molar-refractivity contribution < 1.29 is 10.2 Å². The molecule has 0 aromatic rings. The molecule has 0 aromatic carbocycles. The molecule has 56 valence electrons. The Morgan fingerprint density at radius 3 is 2.22 bits per heavy atom. The standard InChI is InChI=1S/C6H15NO2/c1-3-4-6(2,9)5(7)8/h5,8-9H,3-4,7H2,1-2H3. The molecule has 0 aliphatic carbocycles. The van der Waals surface area contributed by atoms with Crippen molar-refractivity contribution in [3.05, 3.63) is 0 Å². The fourth-order valence-corrected chi connectivity index (χ4v) is 0.654. The highest BCUT2D eigenvalue weighted by Crippen LogP contribution is 2.12. The van der Waals surface area contributed by atoms with Crippen molar-refractivity contribution in [2.24, 2.45) is 5.73 Å². The lowest BCUT2D eigenvalue weighted by Gasteiger charge is -2.25. The van der Waals surface area contributed by atoms with Gasteiger partial charge in [-0.1, -0.05) is 13.3 Å². The number of hydrogen-bond acceptors (Lipinski definition) is 3. The van der Waals surface area contributed by atoms with E-state index in [9.17, 15) is 5.11 Å². The van der Waals surface area contributed by atoms with Gasteiger partial charge in [-0.2, -0.15) is 0 Å². The van der Waals surface area contributed by atoms with Crippen LogP contribution in [0.5, 0.6) is 0 Å². The Kier molecular flexibility index (Phi) is 3.11. The maximum Gasteiger partial charge on any atom is 0.131 e. The van der Waals surface area contributed by atoms with Gasteiger partial charge in [-0.05, 0) is 13.3 Å². The Labute approximate surface area is 55.5 Å². The minimum Gasteiger partial charge on any atom is -0.386 e. The van der Waals surface area contributed by atoms with Gasteiger partial charge in [0.25, 0.3) is 0 Å². The molecule has 0 rings (SSSR count). The molecule has 0 fully saturated rings.